The molecule has 8 heteroatoms. The molecule has 0 amide bonds. The Morgan fingerprint density at radius 1 is 0.838 bits per heavy atom. The first-order valence-electron chi connectivity index (χ1n) is 13.2. The minimum Gasteiger partial charge on any atom is -0.463 e. The second kappa shape index (κ2) is 14.5. The van der Waals surface area contributed by atoms with Crippen LogP contribution in [0.3, 0.4) is 0 Å². The molecule has 1 heterocycles. The summed E-state index contributed by atoms with van der Waals surface area (Å²) in [6.45, 7) is 14.1. The fourth-order valence-corrected chi connectivity index (χ4v) is 4.92. The van der Waals surface area contributed by atoms with Gasteiger partial charge in [0.2, 0.25) is 0 Å². The molecule has 0 saturated carbocycles. The van der Waals surface area contributed by atoms with Gasteiger partial charge < -0.3 is 9.47 Å². The molecule has 1 aliphatic heterocycles. The van der Waals surface area contributed by atoms with Gasteiger partial charge in [0.15, 0.2) is 0 Å². The molecule has 37 heavy (non-hydrogen) atoms. The van der Waals surface area contributed by atoms with Crippen molar-refractivity contribution in [3.63, 3.8) is 0 Å². The largest absolute Gasteiger partial charge is 0.463 e. The van der Waals surface area contributed by atoms with E-state index in [1.165, 1.54) is 24.3 Å². The lowest BCUT2D eigenvalue weighted by Gasteiger charge is -2.39. The number of nitrogens with zero attached hydrogens (tertiary/aromatic N) is 3. The Balaban J connectivity index is 1.41. The third-order valence-corrected chi connectivity index (χ3v) is 6.85. The van der Waals surface area contributed by atoms with Crippen molar-refractivity contribution >= 4 is 5.97 Å². The fourth-order valence-electron chi connectivity index (χ4n) is 4.92. The number of piperazine rings is 1. The van der Waals surface area contributed by atoms with Crippen molar-refractivity contribution in [1.82, 2.24) is 14.7 Å². The van der Waals surface area contributed by atoms with Crippen molar-refractivity contribution in [1.29, 1.82) is 0 Å². The van der Waals surface area contributed by atoms with Gasteiger partial charge in [-0.15, -0.1) is 0 Å². The highest BCUT2D eigenvalue weighted by molar-refractivity contribution is 5.70. The molecular formula is C29H41F2N3O3. The van der Waals surface area contributed by atoms with Crippen LogP contribution < -0.4 is 0 Å². The fraction of sp³-hybridized carbons (Fsp3) is 0.552. The van der Waals surface area contributed by atoms with Crippen LogP contribution in [0.25, 0.3) is 0 Å². The van der Waals surface area contributed by atoms with Crippen molar-refractivity contribution in [2.24, 2.45) is 0 Å². The summed E-state index contributed by atoms with van der Waals surface area (Å²) in [5.74, 6) is -0.884. The van der Waals surface area contributed by atoms with E-state index < -0.39 is 0 Å². The van der Waals surface area contributed by atoms with Gasteiger partial charge in [-0.3, -0.25) is 14.7 Å². The number of esters is 1. The lowest BCUT2D eigenvalue weighted by molar-refractivity contribution is -0.149. The van der Waals surface area contributed by atoms with E-state index in [4.69, 9.17) is 9.47 Å². The number of carbonyl (C=O) groups excluding carboxylic acids is 1. The third-order valence-electron chi connectivity index (χ3n) is 6.85. The normalized spacial score (nSPS) is 15.3. The number of halogens is 2. The van der Waals surface area contributed by atoms with Crippen molar-refractivity contribution in [3.05, 3.63) is 71.3 Å². The minimum absolute atomic E-state index is 0.0411. The smallest absolute Gasteiger partial charge is 0.332 e. The van der Waals surface area contributed by atoms with Crippen LogP contribution in [0.15, 0.2) is 48.5 Å². The lowest BCUT2D eigenvalue weighted by atomic mass is 9.96. The summed E-state index contributed by atoms with van der Waals surface area (Å²) in [6, 6.07) is 13.8. The molecule has 1 saturated heterocycles. The SMILES string of the molecule is CC(C)N(CCOC(=O)COCCN1CCN(C(c2ccc(F)cc2)c2ccc(F)cc2)CC1)C(C)C. The van der Waals surface area contributed by atoms with E-state index in [9.17, 15) is 13.6 Å². The Morgan fingerprint density at radius 3 is 1.84 bits per heavy atom. The molecule has 0 N–H and O–H groups in total. The average Bonchev–Trinajstić information content (AvgIpc) is 2.87. The topological polar surface area (TPSA) is 45.2 Å². The molecule has 0 unspecified atom stereocenters. The van der Waals surface area contributed by atoms with E-state index in [1.807, 2.05) is 0 Å². The zero-order valence-corrected chi connectivity index (χ0v) is 22.5. The van der Waals surface area contributed by atoms with E-state index in [0.29, 0.717) is 31.8 Å². The monoisotopic (exact) mass is 517 g/mol. The molecule has 1 fully saturated rings. The summed E-state index contributed by atoms with van der Waals surface area (Å²) in [7, 11) is 0. The molecular weight excluding hydrogens is 476 g/mol. The number of carbonyl (C=O) groups is 1. The van der Waals surface area contributed by atoms with Crippen molar-refractivity contribution in [3.8, 4) is 0 Å². The number of benzene rings is 2. The highest BCUT2D eigenvalue weighted by atomic mass is 19.1. The first-order chi connectivity index (χ1) is 17.7. The number of hydrogen-bond donors (Lipinski definition) is 0. The Kier molecular flexibility index (Phi) is 11.4. The van der Waals surface area contributed by atoms with E-state index in [-0.39, 0.29) is 30.3 Å². The van der Waals surface area contributed by atoms with Gasteiger partial charge in [0.25, 0.3) is 0 Å². The zero-order chi connectivity index (χ0) is 26.8. The van der Waals surface area contributed by atoms with E-state index in [2.05, 4.69) is 42.4 Å². The number of ether oxygens (including phenoxy) is 2. The summed E-state index contributed by atoms with van der Waals surface area (Å²) in [5.41, 5.74) is 1.96. The van der Waals surface area contributed by atoms with Crippen LogP contribution in [-0.2, 0) is 14.3 Å². The van der Waals surface area contributed by atoms with Gasteiger partial charge in [0.05, 0.1) is 12.6 Å². The molecule has 2 aromatic carbocycles. The van der Waals surface area contributed by atoms with E-state index in [1.54, 1.807) is 24.3 Å². The van der Waals surface area contributed by atoms with E-state index in [0.717, 1.165) is 43.9 Å². The van der Waals surface area contributed by atoms with Crippen molar-refractivity contribution < 1.29 is 23.0 Å². The second-order valence-corrected chi connectivity index (χ2v) is 10.1. The average molecular weight is 518 g/mol. The van der Waals surface area contributed by atoms with Gasteiger partial charge in [-0.1, -0.05) is 24.3 Å². The van der Waals surface area contributed by atoms with Gasteiger partial charge in [0.1, 0.15) is 24.8 Å². The maximum Gasteiger partial charge on any atom is 0.332 e. The van der Waals surface area contributed by atoms with Crippen molar-refractivity contribution in [2.75, 3.05) is 59.1 Å². The highest BCUT2D eigenvalue weighted by Gasteiger charge is 2.26. The van der Waals surface area contributed by atoms with Crippen LogP contribution in [-0.4, -0.2) is 91.8 Å². The minimum atomic E-state index is -0.335. The molecule has 0 atom stereocenters. The predicted octanol–water partition coefficient (Wildman–Crippen LogP) is 4.35. The maximum atomic E-state index is 13.5. The van der Waals surface area contributed by atoms with Crippen LogP contribution in [0.5, 0.6) is 0 Å². The summed E-state index contributed by atoms with van der Waals surface area (Å²) in [5, 5.41) is 0. The Hall–Kier alpha value is -2.39. The first-order valence-corrected chi connectivity index (χ1v) is 13.2. The number of rotatable bonds is 13. The summed E-state index contributed by atoms with van der Waals surface area (Å²) < 4.78 is 38.0. The molecule has 204 valence electrons. The molecule has 0 bridgehead atoms. The van der Waals surface area contributed by atoms with Crippen LogP contribution in [0.4, 0.5) is 8.78 Å². The van der Waals surface area contributed by atoms with E-state index >= 15 is 0 Å². The molecule has 6 nitrogen and oxygen atoms in total. The van der Waals surface area contributed by atoms with Crippen LogP contribution in [0.2, 0.25) is 0 Å². The molecule has 3 rings (SSSR count). The van der Waals surface area contributed by atoms with Crippen LogP contribution in [0.1, 0.15) is 44.9 Å². The van der Waals surface area contributed by atoms with Gasteiger partial charge in [0, 0.05) is 51.4 Å². The highest BCUT2D eigenvalue weighted by Crippen LogP contribution is 2.30. The van der Waals surface area contributed by atoms with Gasteiger partial charge in [-0.05, 0) is 63.1 Å². The van der Waals surface area contributed by atoms with Gasteiger partial charge >= 0.3 is 5.97 Å². The first kappa shape index (κ1) is 29.2. The Morgan fingerprint density at radius 2 is 1.35 bits per heavy atom. The summed E-state index contributed by atoms with van der Waals surface area (Å²) in [6.07, 6.45) is 0. The lowest BCUT2D eigenvalue weighted by Crippen LogP contribution is -2.48. The zero-order valence-electron chi connectivity index (χ0n) is 22.5. The quantitative estimate of drug-likeness (QED) is 0.291. The molecule has 0 aromatic heterocycles. The summed E-state index contributed by atoms with van der Waals surface area (Å²) >= 11 is 0. The molecule has 0 aliphatic carbocycles. The van der Waals surface area contributed by atoms with Gasteiger partial charge in [-0.2, -0.15) is 0 Å². The second-order valence-electron chi connectivity index (χ2n) is 10.1. The Labute approximate surface area is 220 Å². The standard InChI is InChI=1S/C29H41F2N3O3/c1-22(2)34(23(3)4)18-20-37-28(35)21-36-19-17-32-13-15-33(16-14-32)29(24-5-9-26(30)10-6-24)25-7-11-27(31)12-8-25/h5-12,22-23,29H,13-21H2,1-4H3. The van der Waals surface area contributed by atoms with Crippen LogP contribution in [0, 0.1) is 11.6 Å². The predicted molar refractivity (Wildman–Crippen MR) is 141 cm³/mol. The molecule has 2 aromatic rings. The van der Waals surface area contributed by atoms with Crippen LogP contribution >= 0.6 is 0 Å². The number of hydrogen-bond acceptors (Lipinski definition) is 6. The maximum absolute atomic E-state index is 13.5. The molecule has 1 aliphatic rings. The van der Waals surface area contributed by atoms with Gasteiger partial charge in [-0.25, -0.2) is 13.6 Å². The Bertz CT molecular complexity index is 892. The van der Waals surface area contributed by atoms with Crippen molar-refractivity contribution in [2.45, 2.75) is 45.8 Å². The third kappa shape index (κ3) is 9.14. The molecule has 0 spiro atoms. The summed E-state index contributed by atoms with van der Waals surface area (Å²) in [4.78, 5) is 18.9. The molecule has 0 radical (unpaired) electrons.